The van der Waals surface area contributed by atoms with E-state index in [-0.39, 0.29) is 23.5 Å². The molecule has 0 saturated carbocycles. The number of nitrogens with one attached hydrogen (secondary N) is 1. The molecule has 0 spiro atoms. The second kappa shape index (κ2) is 10.4. The largest absolute Gasteiger partial charge is 0.490 e. The molecular formula is C13H21N6O14P3. The van der Waals surface area contributed by atoms with Gasteiger partial charge in [0, 0.05) is 12.8 Å². The summed E-state index contributed by atoms with van der Waals surface area (Å²) in [6.07, 6.45) is -3.28. The predicted molar refractivity (Wildman–Crippen MR) is 113 cm³/mol. The fourth-order valence-corrected chi connectivity index (χ4v) is 6.50. The number of aromatic amines is 1. The quantitative estimate of drug-likeness (QED) is 0.150. The molecule has 1 aliphatic rings. The van der Waals surface area contributed by atoms with Gasteiger partial charge in [0.15, 0.2) is 23.5 Å². The Morgan fingerprint density at radius 1 is 1.19 bits per heavy atom. The van der Waals surface area contributed by atoms with Gasteiger partial charge in [0.1, 0.15) is 0 Å². The number of esters is 1. The average molecular weight is 578 g/mol. The van der Waals surface area contributed by atoms with Crippen molar-refractivity contribution in [2.45, 2.75) is 38.7 Å². The first-order valence-electron chi connectivity index (χ1n) is 9.73. The van der Waals surface area contributed by atoms with Gasteiger partial charge in [-0.2, -0.15) is 18.3 Å². The molecule has 36 heavy (non-hydrogen) atoms. The monoisotopic (exact) mass is 578 g/mol. The molecule has 202 valence electrons. The van der Waals surface area contributed by atoms with Crippen LogP contribution in [0.5, 0.6) is 0 Å². The van der Waals surface area contributed by atoms with E-state index in [9.17, 15) is 33.1 Å². The van der Waals surface area contributed by atoms with Crippen LogP contribution in [-0.2, 0) is 41.1 Å². The van der Waals surface area contributed by atoms with Crippen molar-refractivity contribution < 1.29 is 60.7 Å². The Kier molecular flexibility index (Phi) is 8.19. The molecule has 3 heterocycles. The maximum Gasteiger partial charge on any atom is 0.490 e. The number of aromatic nitrogens is 5. The smallest absolute Gasteiger partial charge is 0.457 e. The summed E-state index contributed by atoms with van der Waals surface area (Å²) in [5.41, 5.74) is 4.54. The Labute approximate surface area is 200 Å². The van der Waals surface area contributed by atoms with E-state index in [1.807, 2.05) is 0 Å². The van der Waals surface area contributed by atoms with Gasteiger partial charge in [-0.1, -0.05) is 12.1 Å². The molecule has 0 bridgehead atoms. The number of anilines is 1. The number of rotatable bonds is 10. The van der Waals surface area contributed by atoms with Gasteiger partial charge in [0.2, 0.25) is 5.95 Å². The van der Waals surface area contributed by atoms with Crippen LogP contribution in [0.3, 0.4) is 0 Å². The van der Waals surface area contributed by atoms with Crippen LogP contribution < -0.4 is 11.3 Å². The maximum absolute atomic E-state index is 12.1. The van der Waals surface area contributed by atoms with E-state index in [0.29, 0.717) is 0 Å². The number of nitrogens with two attached hydrogens (primary N) is 1. The van der Waals surface area contributed by atoms with E-state index < -0.39 is 66.0 Å². The second-order valence-corrected chi connectivity index (χ2v) is 11.7. The van der Waals surface area contributed by atoms with Crippen molar-refractivity contribution in [2.75, 3.05) is 12.3 Å². The molecule has 0 radical (unpaired) electrons. The minimum absolute atomic E-state index is 0.123. The number of nitrogens with zero attached hydrogens (tertiary/aromatic N) is 4. The fraction of sp³-hybridized carbons (Fsp3) is 0.615. The third-order valence-electron chi connectivity index (χ3n) is 4.68. The minimum Gasteiger partial charge on any atom is -0.457 e. The molecule has 0 aliphatic carbocycles. The summed E-state index contributed by atoms with van der Waals surface area (Å²) in [6.45, 7) is 1.97. The molecule has 3 rings (SSSR count). The van der Waals surface area contributed by atoms with Gasteiger partial charge in [-0.05, 0) is 6.42 Å². The highest BCUT2D eigenvalue weighted by molar-refractivity contribution is 7.66. The lowest BCUT2D eigenvalue weighted by Gasteiger charge is -2.23. The molecule has 2 unspecified atom stereocenters. The van der Waals surface area contributed by atoms with Gasteiger partial charge in [0.05, 0.1) is 12.7 Å². The Bertz CT molecular complexity index is 1340. The summed E-state index contributed by atoms with van der Waals surface area (Å²) in [4.78, 5) is 66.3. The summed E-state index contributed by atoms with van der Waals surface area (Å²) >= 11 is 0. The van der Waals surface area contributed by atoms with Crippen LogP contribution >= 0.6 is 23.5 Å². The number of nitrogen functional groups attached to an aromatic ring is 1. The van der Waals surface area contributed by atoms with Gasteiger partial charge >= 0.3 is 29.4 Å². The lowest BCUT2D eigenvalue weighted by atomic mass is 9.95. The van der Waals surface area contributed by atoms with Crippen molar-refractivity contribution in [3.8, 4) is 0 Å². The first-order valence-corrected chi connectivity index (χ1v) is 14.3. The first kappa shape index (κ1) is 28.5. The number of phosphoric ester groups is 1. The third kappa shape index (κ3) is 6.81. The van der Waals surface area contributed by atoms with Gasteiger partial charge in [-0.3, -0.25) is 19.1 Å². The van der Waals surface area contributed by atoms with E-state index in [1.54, 1.807) is 6.92 Å². The number of fused-ring (bicyclic) bond motifs is 1. The molecule has 2 aromatic heterocycles. The lowest BCUT2D eigenvalue weighted by molar-refractivity contribution is -0.154. The molecule has 1 fully saturated rings. The van der Waals surface area contributed by atoms with Crippen LogP contribution in [0.25, 0.3) is 11.2 Å². The molecule has 0 aromatic carbocycles. The molecule has 23 heteroatoms. The molecule has 1 aliphatic heterocycles. The lowest BCUT2D eigenvalue weighted by Crippen LogP contribution is -2.32. The number of ether oxygens (including phenoxy) is 2. The number of hydrogen-bond donors (Lipinski definition) is 6. The zero-order valence-electron chi connectivity index (χ0n) is 18.3. The molecule has 7 N–H and O–H groups in total. The molecule has 0 amide bonds. The highest BCUT2D eigenvalue weighted by Gasteiger charge is 2.49. The summed E-state index contributed by atoms with van der Waals surface area (Å²) < 4.78 is 58.6. The van der Waals surface area contributed by atoms with Gasteiger partial charge in [0.25, 0.3) is 5.56 Å². The average Bonchev–Trinajstić information content (AvgIpc) is 3.24. The van der Waals surface area contributed by atoms with Crippen LogP contribution in [0.4, 0.5) is 5.95 Å². The Balaban J connectivity index is 1.86. The predicted octanol–water partition coefficient (Wildman–Crippen LogP) is -0.705. The Hall–Kier alpha value is -2.08. The van der Waals surface area contributed by atoms with Crippen LogP contribution in [0.1, 0.15) is 26.5 Å². The summed E-state index contributed by atoms with van der Waals surface area (Å²) in [5.74, 6) is -1.73. The van der Waals surface area contributed by atoms with Crippen molar-refractivity contribution in [1.82, 2.24) is 25.0 Å². The minimum atomic E-state index is -5.73. The second-order valence-electron chi connectivity index (χ2n) is 7.26. The maximum atomic E-state index is 12.1. The van der Waals surface area contributed by atoms with E-state index >= 15 is 0 Å². The van der Waals surface area contributed by atoms with E-state index in [2.05, 4.69) is 33.4 Å². The molecule has 1 saturated heterocycles. The number of phosphoric acid groups is 3. The number of hydrogen-bond acceptors (Lipinski definition) is 14. The number of carbonyl (C=O) groups is 1. The zero-order valence-corrected chi connectivity index (χ0v) is 21.0. The molecular weight excluding hydrogens is 557 g/mol. The normalized spacial score (nSPS) is 25.9. The summed E-state index contributed by atoms with van der Waals surface area (Å²) in [7, 11) is -16.7. The summed E-state index contributed by atoms with van der Waals surface area (Å²) in [6, 6.07) is 0. The van der Waals surface area contributed by atoms with Gasteiger partial charge in [-0.25, -0.2) is 13.7 Å². The van der Waals surface area contributed by atoms with E-state index in [1.165, 1.54) is 0 Å². The van der Waals surface area contributed by atoms with E-state index in [4.69, 9.17) is 25.0 Å². The topological polar surface area (TPSA) is 298 Å². The zero-order chi connectivity index (χ0) is 27.1. The fourth-order valence-electron chi connectivity index (χ4n) is 3.47. The van der Waals surface area contributed by atoms with Crippen molar-refractivity contribution in [2.24, 2.45) is 5.92 Å². The van der Waals surface area contributed by atoms with Gasteiger partial charge < -0.3 is 34.8 Å². The third-order valence-corrected chi connectivity index (χ3v) is 8.48. The number of H-pyrrole nitrogens is 1. The van der Waals surface area contributed by atoms with Crippen molar-refractivity contribution in [3.63, 3.8) is 0 Å². The molecule has 20 nitrogen and oxygen atoms in total. The molecule has 2 aromatic rings. The highest BCUT2D eigenvalue weighted by Crippen LogP contribution is 2.66. The van der Waals surface area contributed by atoms with Crippen LogP contribution in [-0.4, -0.2) is 69.3 Å². The van der Waals surface area contributed by atoms with Crippen molar-refractivity contribution >= 4 is 46.5 Å². The Morgan fingerprint density at radius 2 is 1.86 bits per heavy atom. The molecule has 6 atom stereocenters. The van der Waals surface area contributed by atoms with Crippen LogP contribution in [0.15, 0.2) is 4.79 Å². The van der Waals surface area contributed by atoms with Crippen molar-refractivity contribution in [3.05, 3.63) is 10.4 Å². The van der Waals surface area contributed by atoms with Crippen LogP contribution in [0, 0.1) is 5.92 Å². The summed E-state index contributed by atoms with van der Waals surface area (Å²) in [5, 5.41) is 7.52. The number of carbonyl (C=O) groups excluding carboxylic acids is 1. The van der Waals surface area contributed by atoms with Gasteiger partial charge in [-0.15, -0.1) is 5.10 Å². The standard InChI is InChI=1S/C13H21N6O14P3/c1-3-6-7(4-29-35(25,26)33-36(27,28)32-34(22,23)24)31-12(9(6)30-5(2)20)19-10-8(17-18-19)11(21)16-13(14)15-10/h6-7,9,12H,3-4H2,1-2H3,(H,25,26)(H,27,28)(H2,22,23,24)(H3,14,15,16,21)/t6-,7-,9-,12-/m1/s1. The van der Waals surface area contributed by atoms with E-state index in [0.717, 1.165) is 11.6 Å². The Morgan fingerprint density at radius 3 is 2.44 bits per heavy atom. The van der Waals surface area contributed by atoms with Crippen LogP contribution in [0.2, 0.25) is 0 Å². The first-order chi connectivity index (χ1) is 16.5. The SMILES string of the molecule is CC[C@H]1[C@@H](OC(C)=O)[C@H](n2nnc3c(=O)[nH]c(N)nc32)O[C@@H]1COP(=O)(O)OP(=O)(O)OP(=O)(O)O. The van der Waals surface area contributed by atoms with Crippen molar-refractivity contribution in [1.29, 1.82) is 0 Å². The highest BCUT2D eigenvalue weighted by atomic mass is 31.3.